The van der Waals surface area contributed by atoms with Crippen molar-refractivity contribution >= 4 is 52.0 Å². The number of amides is 2. The largest absolute Gasteiger partial charge is 0.503 e. The van der Waals surface area contributed by atoms with E-state index in [9.17, 15) is 32.7 Å². The van der Waals surface area contributed by atoms with Gasteiger partial charge in [0.25, 0.3) is 11.5 Å². The van der Waals surface area contributed by atoms with Crippen molar-refractivity contribution in [3.05, 3.63) is 73.6 Å². The number of anilines is 2. The van der Waals surface area contributed by atoms with E-state index in [0.29, 0.717) is 41.2 Å². The number of thiazole rings is 1. The van der Waals surface area contributed by atoms with Gasteiger partial charge in [-0.25, -0.2) is 15.0 Å². The van der Waals surface area contributed by atoms with Crippen LogP contribution in [0.15, 0.2) is 35.5 Å². The van der Waals surface area contributed by atoms with Crippen LogP contribution in [0.2, 0.25) is 5.02 Å². The third-order valence-corrected chi connectivity index (χ3v) is 11.6. The average Bonchev–Trinajstić information content (AvgIpc) is 3.80. The Hall–Kier alpha value is -5.10. The van der Waals surface area contributed by atoms with Gasteiger partial charge >= 0.3 is 6.18 Å². The van der Waals surface area contributed by atoms with Gasteiger partial charge in [-0.1, -0.05) is 18.5 Å². The second kappa shape index (κ2) is 12.8. The second-order valence-corrected chi connectivity index (χ2v) is 15.3. The van der Waals surface area contributed by atoms with Gasteiger partial charge in [-0.2, -0.15) is 22.7 Å². The number of benzene rings is 1. The van der Waals surface area contributed by atoms with Crippen molar-refractivity contribution in [2.75, 3.05) is 36.4 Å². The molecule has 4 aromatic heterocycles. The molecule has 1 aliphatic carbocycles. The molecule has 2 amide bonds. The van der Waals surface area contributed by atoms with Crippen LogP contribution >= 0.6 is 22.9 Å². The first-order chi connectivity index (χ1) is 25.2. The molecule has 8 rings (SSSR count). The highest BCUT2D eigenvalue weighted by Crippen LogP contribution is 2.50. The van der Waals surface area contributed by atoms with E-state index in [0.717, 1.165) is 42.7 Å². The van der Waals surface area contributed by atoms with E-state index >= 15 is 0 Å². The molecule has 1 atom stereocenters. The van der Waals surface area contributed by atoms with Crippen LogP contribution in [0.5, 0.6) is 5.75 Å². The van der Waals surface area contributed by atoms with Crippen LogP contribution in [0, 0.1) is 6.92 Å². The van der Waals surface area contributed by atoms with Gasteiger partial charge in [-0.15, -0.1) is 16.4 Å². The molecule has 5 aromatic rings. The molecule has 0 radical (unpaired) electrons. The Morgan fingerprint density at radius 2 is 1.89 bits per heavy atom. The number of fused-ring (bicyclic) bond motifs is 3. The average molecular weight is 769 g/mol. The summed E-state index contributed by atoms with van der Waals surface area (Å²) >= 11 is 7.50. The number of aromatic hydroxyl groups is 1. The number of piperidine rings is 1. The summed E-state index contributed by atoms with van der Waals surface area (Å²) in [6.07, 6.45) is 0.632. The molecule has 19 heteroatoms. The fraction of sp³-hybridized carbons (Fsp3) is 0.412. The Balaban J connectivity index is 1.14. The summed E-state index contributed by atoms with van der Waals surface area (Å²) in [6.45, 7) is 5.46. The Kier molecular flexibility index (Phi) is 8.43. The normalized spacial score (nSPS) is 18.0. The number of aryl methyl sites for hydroxylation is 1. The van der Waals surface area contributed by atoms with Crippen molar-refractivity contribution < 1.29 is 27.9 Å². The van der Waals surface area contributed by atoms with Gasteiger partial charge < -0.3 is 24.8 Å². The maximum Gasteiger partial charge on any atom is 0.416 e. The number of alkyl halides is 3. The van der Waals surface area contributed by atoms with Gasteiger partial charge in [0.1, 0.15) is 12.9 Å². The molecule has 2 fully saturated rings. The van der Waals surface area contributed by atoms with Crippen LogP contribution in [0.4, 0.5) is 24.7 Å². The van der Waals surface area contributed by atoms with E-state index in [1.807, 2.05) is 18.7 Å². The van der Waals surface area contributed by atoms with Gasteiger partial charge in [0.2, 0.25) is 11.7 Å². The van der Waals surface area contributed by atoms with Gasteiger partial charge in [-0.3, -0.25) is 14.4 Å². The minimum atomic E-state index is -4.61. The van der Waals surface area contributed by atoms with Crippen molar-refractivity contribution in [2.24, 2.45) is 0 Å². The Labute approximate surface area is 308 Å². The van der Waals surface area contributed by atoms with E-state index in [-0.39, 0.29) is 64.9 Å². The number of nitrogens with one attached hydrogen (secondary N) is 1. The molecular weight excluding hydrogens is 737 g/mol. The minimum Gasteiger partial charge on any atom is -0.503 e. The molecule has 2 saturated heterocycles. The Morgan fingerprint density at radius 3 is 2.53 bits per heavy atom. The lowest BCUT2D eigenvalue weighted by molar-refractivity contribution is -0.137. The summed E-state index contributed by atoms with van der Waals surface area (Å²) in [7, 11) is 0. The van der Waals surface area contributed by atoms with Crippen LogP contribution in [-0.2, 0) is 22.9 Å². The number of hydrogen-bond donors (Lipinski definition) is 2. The standard InChI is InChI=1S/C34H32ClF3N10O4S/c1-17-13-33(6-10-46(11-7-33)31(52)25-27(50)29(41-16-40-25)45-8-3-9-45)24-26(17)47(15-23(49)42-21-5-4-19(12-20(21)35)34(36,37)38)32-43-28(44-48(32)30(24)51)22-14-39-18(2)53-22/h4-5,12,14,16-17,50H,3,6-11,13,15H2,1-2H3,(H,42,49). The maximum atomic E-state index is 14.5. The number of nitrogens with zero attached hydrogens (tertiary/aromatic N) is 9. The zero-order valence-electron chi connectivity index (χ0n) is 28.4. The summed E-state index contributed by atoms with van der Waals surface area (Å²) in [5, 5.41) is 18.6. The molecule has 2 aliphatic heterocycles. The lowest BCUT2D eigenvalue weighted by Gasteiger charge is -2.39. The lowest BCUT2D eigenvalue weighted by atomic mass is 9.73. The minimum absolute atomic E-state index is 0.00561. The van der Waals surface area contributed by atoms with E-state index in [4.69, 9.17) is 11.6 Å². The molecule has 14 nitrogen and oxygen atoms in total. The third kappa shape index (κ3) is 5.97. The molecule has 0 saturated carbocycles. The highest BCUT2D eigenvalue weighted by Gasteiger charge is 2.49. The van der Waals surface area contributed by atoms with E-state index in [1.54, 1.807) is 15.7 Å². The third-order valence-electron chi connectivity index (χ3n) is 10.4. The van der Waals surface area contributed by atoms with E-state index in [1.165, 1.54) is 22.2 Å². The number of carbonyl (C=O) groups is 2. The molecule has 1 aromatic carbocycles. The summed E-state index contributed by atoms with van der Waals surface area (Å²) < 4.78 is 42.6. The van der Waals surface area contributed by atoms with Crippen LogP contribution in [0.1, 0.15) is 70.8 Å². The monoisotopic (exact) mass is 768 g/mol. The maximum absolute atomic E-state index is 14.5. The second-order valence-electron chi connectivity index (χ2n) is 13.7. The SMILES string of the molecule is Cc1ncc(-c2nc3n(CC(=O)Nc4ccc(C(F)(F)F)cc4Cl)c4c(c(=O)n3n2)C2(CCN(C(=O)c3ncnc(N5CCC5)c3O)CC2)CC4C)s1. The number of likely N-dealkylation sites (tertiary alicyclic amines) is 1. The molecule has 276 valence electrons. The van der Waals surface area contributed by atoms with E-state index in [2.05, 4.69) is 30.4 Å². The molecular formula is C34H32ClF3N10O4S. The number of hydrogen-bond acceptors (Lipinski definition) is 11. The molecule has 6 heterocycles. The number of halogens is 4. The Bertz CT molecular complexity index is 2360. The molecule has 53 heavy (non-hydrogen) atoms. The molecule has 2 N–H and O–H groups in total. The van der Waals surface area contributed by atoms with Crippen molar-refractivity contribution in [2.45, 2.75) is 63.6 Å². The summed E-state index contributed by atoms with van der Waals surface area (Å²) in [5.41, 5.74) is -1.00. The quantitative estimate of drug-likeness (QED) is 0.240. The highest BCUT2D eigenvalue weighted by molar-refractivity contribution is 7.14. The number of aromatic nitrogens is 7. The first kappa shape index (κ1) is 35.0. The van der Waals surface area contributed by atoms with Gasteiger partial charge in [0, 0.05) is 49.0 Å². The van der Waals surface area contributed by atoms with Crippen LogP contribution in [0.3, 0.4) is 0 Å². The van der Waals surface area contributed by atoms with Crippen LogP contribution in [0.25, 0.3) is 16.5 Å². The van der Waals surface area contributed by atoms with Crippen molar-refractivity contribution in [1.29, 1.82) is 0 Å². The lowest BCUT2D eigenvalue weighted by Crippen LogP contribution is -2.47. The first-order valence-electron chi connectivity index (χ1n) is 17.0. The van der Waals surface area contributed by atoms with Crippen LogP contribution in [-0.4, -0.2) is 82.1 Å². The topological polar surface area (TPSA) is 164 Å². The van der Waals surface area contributed by atoms with Crippen molar-refractivity contribution in [1.82, 2.24) is 39.0 Å². The zero-order chi connectivity index (χ0) is 37.4. The van der Waals surface area contributed by atoms with Gasteiger partial charge in [0.15, 0.2) is 23.1 Å². The molecule has 0 bridgehead atoms. The summed E-state index contributed by atoms with van der Waals surface area (Å²) in [5.74, 6) is -0.803. The molecule has 1 unspecified atom stereocenters. The van der Waals surface area contributed by atoms with Crippen molar-refractivity contribution in [3.63, 3.8) is 0 Å². The predicted octanol–water partition coefficient (Wildman–Crippen LogP) is 5.02. The molecule has 3 aliphatic rings. The number of rotatable bonds is 6. The zero-order valence-corrected chi connectivity index (χ0v) is 30.0. The summed E-state index contributed by atoms with van der Waals surface area (Å²) in [4.78, 5) is 63.2. The predicted molar refractivity (Wildman–Crippen MR) is 189 cm³/mol. The van der Waals surface area contributed by atoms with Crippen molar-refractivity contribution in [3.8, 4) is 16.5 Å². The first-order valence-corrected chi connectivity index (χ1v) is 18.1. The van der Waals surface area contributed by atoms with Crippen LogP contribution < -0.4 is 15.8 Å². The fourth-order valence-electron chi connectivity index (χ4n) is 7.75. The molecule has 1 spiro atoms. The Morgan fingerprint density at radius 1 is 1.13 bits per heavy atom. The van der Waals surface area contributed by atoms with Gasteiger partial charge in [0.05, 0.1) is 26.2 Å². The van der Waals surface area contributed by atoms with Gasteiger partial charge in [-0.05, 0) is 56.7 Å². The summed E-state index contributed by atoms with van der Waals surface area (Å²) in [6, 6.07) is 2.67. The highest BCUT2D eigenvalue weighted by atomic mass is 35.5. The fourth-order valence-corrected chi connectivity index (χ4v) is 8.68. The number of carbonyl (C=O) groups excluding carboxylic acids is 2. The smallest absolute Gasteiger partial charge is 0.416 e. The van der Waals surface area contributed by atoms with E-state index < -0.39 is 29.0 Å².